The molecule has 3 heteroatoms. The van der Waals surface area contributed by atoms with E-state index in [4.69, 9.17) is 5.73 Å². The first-order valence-electron chi connectivity index (χ1n) is 5.54. The van der Waals surface area contributed by atoms with Gasteiger partial charge in [0.2, 0.25) is 0 Å². The van der Waals surface area contributed by atoms with Crippen molar-refractivity contribution < 1.29 is 9.53 Å². The normalized spacial score (nSPS) is 11.7. The van der Waals surface area contributed by atoms with Crippen LogP contribution in [0.4, 0.5) is 4.79 Å². The molecule has 0 radical (unpaired) electrons. The molecule has 1 amide bonds. The Labute approximate surface area is 102 Å². The second-order valence-corrected chi connectivity index (χ2v) is 4.95. The van der Waals surface area contributed by atoms with Crippen molar-refractivity contribution in [3.8, 4) is 0 Å². The van der Waals surface area contributed by atoms with Crippen molar-refractivity contribution in [2.75, 3.05) is 0 Å². The van der Waals surface area contributed by atoms with Gasteiger partial charge in [-0.1, -0.05) is 30.9 Å². The standard InChI is InChI=1S/C9H8.C5H11NO2/c1-2-8-4-3-7-5-9(8)6-7;1-5(2,3)8-4(6)7/h2-5H,1,6H2;1-3H3,(H2,6,7). The predicted octanol–water partition coefficient (Wildman–Crippen LogP) is 3.11. The van der Waals surface area contributed by atoms with Crippen LogP contribution in [0.25, 0.3) is 6.08 Å². The summed E-state index contributed by atoms with van der Waals surface area (Å²) in [6, 6.07) is 6.50. The molecule has 0 saturated carbocycles. The summed E-state index contributed by atoms with van der Waals surface area (Å²) in [7, 11) is 0. The third-order valence-electron chi connectivity index (χ3n) is 2.23. The van der Waals surface area contributed by atoms with Crippen LogP contribution in [0, 0.1) is 0 Å². The van der Waals surface area contributed by atoms with Gasteiger partial charge < -0.3 is 10.5 Å². The molecule has 3 nitrogen and oxygen atoms in total. The first-order valence-corrected chi connectivity index (χ1v) is 5.54. The quantitative estimate of drug-likeness (QED) is 0.822. The molecule has 0 aliphatic heterocycles. The topological polar surface area (TPSA) is 52.3 Å². The number of nitrogens with two attached hydrogens (primary N) is 1. The second kappa shape index (κ2) is 5.04. The number of primary amides is 1. The van der Waals surface area contributed by atoms with Gasteiger partial charge in [0.15, 0.2) is 0 Å². The van der Waals surface area contributed by atoms with Gasteiger partial charge in [0.05, 0.1) is 0 Å². The lowest BCUT2D eigenvalue weighted by Gasteiger charge is -2.16. The number of carbonyl (C=O) groups is 1. The number of hydrogen-bond acceptors (Lipinski definition) is 2. The maximum absolute atomic E-state index is 10.0. The maximum Gasteiger partial charge on any atom is 0.405 e. The number of rotatable bonds is 1. The van der Waals surface area contributed by atoms with Crippen molar-refractivity contribution >= 4 is 12.2 Å². The van der Waals surface area contributed by atoms with E-state index in [1.807, 2.05) is 6.08 Å². The summed E-state index contributed by atoms with van der Waals surface area (Å²) < 4.78 is 4.58. The molecule has 0 heterocycles. The fourth-order valence-electron chi connectivity index (χ4n) is 1.51. The molecule has 2 aliphatic rings. The molecule has 0 aromatic heterocycles. The van der Waals surface area contributed by atoms with Crippen LogP contribution in [0.1, 0.15) is 37.5 Å². The summed E-state index contributed by atoms with van der Waals surface area (Å²) in [5, 5.41) is 0. The third-order valence-corrected chi connectivity index (χ3v) is 2.23. The lowest BCUT2D eigenvalue weighted by Crippen LogP contribution is -2.27. The van der Waals surface area contributed by atoms with Crippen molar-refractivity contribution in [2.45, 2.75) is 32.8 Å². The Morgan fingerprint density at radius 1 is 1.47 bits per heavy atom. The van der Waals surface area contributed by atoms with Crippen LogP contribution in [0.5, 0.6) is 0 Å². The Morgan fingerprint density at radius 3 is 2.24 bits per heavy atom. The van der Waals surface area contributed by atoms with Gasteiger partial charge in [0.25, 0.3) is 0 Å². The molecule has 3 rings (SSSR count). The zero-order valence-electron chi connectivity index (χ0n) is 10.6. The smallest absolute Gasteiger partial charge is 0.405 e. The molecule has 17 heavy (non-hydrogen) atoms. The van der Waals surface area contributed by atoms with E-state index in [9.17, 15) is 4.79 Å². The van der Waals surface area contributed by atoms with Crippen molar-refractivity contribution in [2.24, 2.45) is 5.73 Å². The van der Waals surface area contributed by atoms with Gasteiger partial charge in [-0.15, -0.1) is 0 Å². The third kappa shape index (κ3) is 4.31. The van der Waals surface area contributed by atoms with Gasteiger partial charge in [-0.2, -0.15) is 0 Å². The molecule has 92 valence electrons. The van der Waals surface area contributed by atoms with Crippen molar-refractivity contribution in [1.82, 2.24) is 0 Å². The van der Waals surface area contributed by atoms with E-state index in [2.05, 4.69) is 29.5 Å². The molecule has 2 N–H and O–H groups in total. The van der Waals surface area contributed by atoms with E-state index in [0.717, 1.165) is 6.42 Å². The Bertz CT molecular complexity index is 427. The van der Waals surface area contributed by atoms with Gasteiger partial charge in [-0.25, -0.2) is 4.79 Å². The molecule has 2 bridgehead atoms. The van der Waals surface area contributed by atoms with Gasteiger partial charge >= 0.3 is 6.09 Å². The molecular weight excluding hydrogens is 214 g/mol. The molecule has 1 aromatic carbocycles. The highest BCUT2D eigenvalue weighted by Crippen LogP contribution is 2.25. The molecule has 1 aromatic rings. The van der Waals surface area contributed by atoms with Gasteiger partial charge in [0, 0.05) is 0 Å². The van der Waals surface area contributed by atoms with E-state index in [1.54, 1.807) is 20.8 Å². The summed E-state index contributed by atoms with van der Waals surface area (Å²) in [5.74, 6) is 0. The van der Waals surface area contributed by atoms with E-state index in [1.165, 1.54) is 16.7 Å². The lowest BCUT2D eigenvalue weighted by molar-refractivity contribution is 0.0600. The second-order valence-electron chi connectivity index (χ2n) is 4.95. The molecule has 0 fully saturated rings. The van der Waals surface area contributed by atoms with Gasteiger partial charge in [-0.05, 0) is 43.9 Å². The molecule has 0 atom stereocenters. The fourth-order valence-corrected chi connectivity index (χ4v) is 1.51. The van der Waals surface area contributed by atoms with Crippen LogP contribution in [-0.2, 0) is 11.2 Å². The maximum atomic E-state index is 10.0. The molecule has 2 aliphatic carbocycles. The largest absolute Gasteiger partial charge is 0.444 e. The zero-order chi connectivity index (χ0) is 13.1. The Hall–Kier alpha value is -1.77. The minimum atomic E-state index is -0.725. The Morgan fingerprint density at radius 2 is 2.06 bits per heavy atom. The number of carbonyl (C=O) groups excluding carboxylic acids is 1. The van der Waals surface area contributed by atoms with Crippen molar-refractivity contribution in [3.63, 3.8) is 0 Å². The van der Waals surface area contributed by atoms with Crippen LogP contribution in [0.3, 0.4) is 0 Å². The SMILES string of the molecule is C=Cc1ccc2cc1C2.CC(C)(C)OC(N)=O. The Balaban J connectivity index is 0.000000172. The summed E-state index contributed by atoms with van der Waals surface area (Å²) in [6.45, 7) is 9.01. The van der Waals surface area contributed by atoms with Crippen LogP contribution < -0.4 is 5.73 Å². The van der Waals surface area contributed by atoms with E-state index in [0.29, 0.717) is 0 Å². The average Bonchev–Trinajstić information content (AvgIpc) is 2.13. The summed E-state index contributed by atoms with van der Waals surface area (Å²) in [4.78, 5) is 10.0. The lowest BCUT2D eigenvalue weighted by atomic mass is 9.89. The summed E-state index contributed by atoms with van der Waals surface area (Å²) in [5.41, 5.74) is 8.46. The molecule has 0 spiro atoms. The Kier molecular flexibility index (Phi) is 3.94. The van der Waals surface area contributed by atoms with Crippen molar-refractivity contribution in [1.29, 1.82) is 0 Å². The minimum Gasteiger partial charge on any atom is -0.444 e. The highest BCUT2D eigenvalue weighted by atomic mass is 16.6. The fraction of sp³-hybridized carbons (Fsp3) is 0.357. The number of ether oxygens (including phenoxy) is 1. The minimum absolute atomic E-state index is 0.453. The van der Waals surface area contributed by atoms with Crippen LogP contribution in [0.15, 0.2) is 24.8 Å². The van der Waals surface area contributed by atoms with E-state index in [-0.39, 0.29) is 0 Å². The molecular formula is C14H19NO2. The summed E-state index contributed by atoms with van der Waals surface area (Å²) in [6.07, 6.45) is 2.35. The highest BCUT2D eigenvalue weighted by molar-refractivity contribution is 5.65. The first-order chi connectivity index (χ1) is 7.81. The number of fused-ring (bicyclic) bond motifs is 2. The van der Waals surface area contributed by atoms with Crippen LogP contribution in [0.2, 0.25) is 0 Å². The van der Waals surface area contributed by atoms with E-state index < -0.39 is 11.7 Å². The first kappa shape index (κ1) is 13.3. The van der Waals surface area contributed by atoms with Gasteiger partial charge in [-0.3, -0.25) is 0 Å². The molecule has 0 saturated heterocycles. The van der Waals surface area contributed by atoms with E-state index >= 15 is 0 Å². The monoisotopic (exact) mass is 233 g/mol. The molecule has 0 unspecified atom stereocenters. The average molecular weight is 233 g/mol. The number of benzene rings is 1. The summed E-state index contributed by atoms with van der Waals surface area (Å²) >= 11 is 0. The van der Waals surface area contributed by atoms with Gasteiger partial charge in [0.1, 0.15) is 5.60 Å². The van der Waals surface area contributed by atoms with Crippen molar-refractivity contribution in [3.05, 3.63) is 41.5 Å². The highest BCUT2D eigenvalue weighted by Gasteiger charge is 2.12. The number of amides is 1. The van der Waals surface area contributed by atoms with Crippen LogP contribution in [-0.4, -0.2) is 11.7 Å². The zero-order valence-corrected chi connectivity index (χ0v) is 10.6. The van der Waals surface area contributed by atoms with Crippen LogP contribution >= 0.6 is 0 Å². The number of hydrogen-bond donors (Lipinski definition) is 1. The predicted molar refractivity (Wildman–Crippen MR) is 69.8 cm³/mol.